The first-order valence-corrected chi connectivity index (χ1v) is 9.89. The first-order chi connectivity index (χ1) is 14.9. The highest BCUT2D eigenvalue weighted by atomic mass is 19.4. The molecule has 5 nitrogen and oxygen atoms in total. The molecule has 2 aromatic rings. The van der Waals surface area contributed by atoms with Crippen molar-refractivity contribution in [3.8, 4) is 0 Å². The third kappa shape index (κ3) is 6.06. The molecule has 0 spiro atoms. The van der Waals surface area contributed by atoms with Crippen molar-refractivity contribution in [1.82, 2.24) is 5.32 Å². The molecule has 0 radical (unpaired) electrons. The largest absolute Gasteiger partial charge is 0.416 e. The van der Waals surface area contributed by atoms with Crippen molar-refractivity contribution >= 4 is 17.2 Å². The monoisotopic (exact) mass is 459 g/mol. The summed E-state index contributed by atoms with van der Waals surface area (Å²) in [7, 11) is 0. The van der Waals surface area contributed by atoms with Gasteiger partial charge in [0.15, 0.2) is 0 Å². The highest BCUT2D eigenvalue weighted by Gasteiger charge is 2.37. The van der Waals surface area contributed by atoms with Crippen molar-refractivity contribution in [1.29, 1.82) is 5.41 Å². The van der Waals surface area contributed by atoms with Gasteiger partial charge in [0, 0.05) is 49.2 Å². The molecule has 0 bridgehead atoms. The van der Waals surface area contributed by atoms with Gasteiger partial charge in [-0.2, -0.15) is 26.3 Å². The lowest BCUT2D eigenvalue weighted by atomic mass is 10.1. The number of hydrogen-bond donors (Lipinski definition) is 4. The van der Waals surface area contributed by atoms with E-state index in [0.717, 1.165) is 17.8 Å². The molecule has 11 heteroatoms. The number of nitrogens with zero attached hydrogens (tertiary/aromatic N) is 1. The zero-order chi connectivity index (χ0) is 23.5. The number of hydrogen-bond acceptors (Lipinski definition) is 4. The summed E-state index contributed by atoms with van der Waals surface area (Å²) < 4.78 is 78.9. The summed E-state index contributed by atoms with van der Waals surface area (Å²) in [5.41, 5.74) is 4.11. The van der Waals surface area contributed by atoms with E-state index in [2.05, 4.69) is 10.6 Å². The molecule has 0 aromatic heterocycles. The molecule has 1 fully saturated rings. The van der Waals surface area contributed by atoms with Gasteiger partial charge in [-0.1, -0.05) is 0 Å². The van der Waals surface area contributed by atoms with E-state index >= 15 is 0 Å². The second-order valence-corrected chi connectivity index (χ2v) is 7.57. The number of nitrogens with one attached hydrogen (secondary N) is 3. The van der Waals surface area contributed by atoms with Crippen LogP contribution in [0.3, 0.4) is 0 Å². The second kappa shape index (κ2) is 9.27. The second-order valence-electron chi connectivity index (χ2n) is 7.57. The predicted molar refractivity (Wildman–Crippen MR) is 111 cm³/mol. The van der Waals surface area contributed by atoms with Crippen molar-refractivity contribution in [3.05, 3.63) is 59.2 Å². The Kier molecular flexibility index (Phi) is 6.87. The molecular weight excluding hydrogens is 436 g/mol. The van der Waals surface area contributed by atoms with Crippen molar-refractivity contribution < 1.29 is 26.3 Å². The van der Waals surface area contributed by atoms with Gasteiger partial charge in [-0.05, 0) is 48.9 Å². The molecule has 174 valence electrons. The molecule has 1 unspecified atom stereocenters. The fraction of sp³-hybridized carbons (Fsp3) is 0.381. The summed E-state index contributed by atoms with van der Waals surface area (Å²) in [5, 5.41) is 13.8. The fourth-order valence-electron chi connectivity index (χ4n) is 3.53. The molecule has 1 atom stereocenters. The summed E-state index contributed by atoms with van der Waals surface area (Å²) in [6.45, 7) is 1.56. The number of piperazine rings is 1. The number of anilines is 2. The molecule has 1 aliphatic heterocycles. The van der Waals surface area contributed by atoms with E-state index in [1.54, 1.807) is 29.2 Å². The molecule has 1 heterocycles. The first-order valence-electron chi connectivity index (χ1n) is 9.89. The van der Waals surface area contributed by atoms with Crippen LogP contribution in [0.2, 0.25) is 0 Å². The average molecular weight is 459 g/mol. The average Bonchev–Trinajstić information content (AvgIpc) is 2.73. The maximum atomic E-state index is 13.2. The summed E-state index contributed by atoms with van der Waals surface area (Å²) in [6.07, 6.45) is -9.13. The van der Waals surface area contributed by atoms with E-state index in [1.165, 1.54) is 0 Å². The minimum Gasteiger partial charge on any atom is -0.385 e. The Morgan fingerprint density at radius 2 is 1.62 bits per heavy atom. The molecule has 1 aliphatic rings. The standard InChI is InChI=1S/C21H23F6N5/c22-20(23,24)14-9-15(21(25,26)27)11-18(10-14)32-8-7-31-17(12-32)5-6-30-16-3-1-13(2-4-16)19(28)29/h1-4,9-11,17,30-31H,5-8,12H2,(H3,28,29). The number of nitrogens with two attached hydrogens (primary N) is 1. The molecule has 0 aliphatic carbocycles. The highest BCUT2D eigenvalue weighted by Crippen LogP contribution is 2.38. The lowest BCUT2D eigenvalue weighted by Crippen LogP contribution is -2.51. The molecule has 3 rings (SSSR count). The van der Waals surface area contributed by atoms with Gasteiger partial charge in [-0.15, -0.1) is 0 Å². The molecule has 1 saturated heterocycles. The Balaban J connectivity index is 1.65. The van der Waals surface area contributed by atoms with Crippen LogP contribution in [-0.2, 0) is 12.4 Å². The number of rotatable bonds is 6. The van der Waals surface area contributed by atoms with Crippen LogP contribution in [0, 0.1) is 5.41 Å². The maximum Gasteiger partial charge on any atom is 0.416 e. The van der Waals surface area contributed by atoms with Crippen molar-refractivity contribution in [2.24, 2.45) is 5.73 Å². The zero-order valence-electron chi connectivity index (χ0n) is 16.9. The number of halogens is 6. The van der Waals surface area contributed by atoms with Gasteiger partial charge in [0.05, 0.1) is 11.1 Å². The first kappa shape index (κ1) is 23.7. The van der Waals surface area contributed by atoms with Crippen molar-refractivity contribution in [3.63, 3.8) is 0 Å². The molecular formula is C21H23F6N5. The van der Waals surface area contributed by atoms with Crippen molar-refractivity contribution in [2.45, 2.75) is 24.8 Å². The topological polar surface area (TPSA) is 77.2 Å². The van der Waals surface area contributed by atoms with E-state index in [1.807, 2.05) is 0 Å². The molecule has 0 saturated carbocycles. The Morgan fingerprint density at radius 1 is 1.03 bits per heavy atom. The molecule has 5 N–H and O–H groups in total. The van der Waals surface area contributed by atoms with Gasteiger partial charge >= 0.3 is 12.4 Å². The fourth-order valence-corrected chi connectivity index (χ4v) is 3.53. The van der Waals surface area contributed by atoms with Crippen LogP contribution in [0.15, 0.2) is 42.5 Å². The van der Waals surface area contributed by atoms with Gasteiger partial charge in [0.1, 0.15) is 5.84 Å². The smallest absolute Gasteiger partial charge is 0.385 e. The minimum atomic E-state index is -4.87. The van der Waals surface area contributed by atoms with Gasteiger partial charge in [-0.25, -0.2) is 0 Å². The third-order valence-corrected chi connectivity index (χ3v) is 5.21. The molecule has 0 amide bonds. The van der Waals surface area contributed by atoms with Crippen LogP contribution in [0.4, 0.5) is 37.7 Å². The normalized spacial score (nSPS) is 17.3. The third-order valence-electron chi connectivity index (χ3n) is 5.21. The number of nitrogen functional groups attached to an aromatic ring is 1. The Morgan fingerprint density at radius 3 is 2.16 bits per heavy atom. The van der Waals surface area contributed by atoms with Crippen molar-refractivity contribution in [2.75, 3.05) is 36.4 Å². The molecule has 32 heavy (non-hydrogen) atoms. The van der Waals surface area contributed by atoms with Crippen LogP contribution in [-0.4, -0.2) is 38.1 Å². The maximum absolute atomic E-state index is 13.2. The lowest BCUT2D eigenvalue weighted by molar-refractivity contribution is -0.143. The summed E-state index contributed by atoms with van der Waals surface area (Å²) in [6, 6.07) is 8.53. The van der Waals surface area contributed by atoms with E-state index in [-0.39, 0.29) is 30.2 Å². The van der Waals surface area contributed by atoms with Crippen LogP contribution >= 0.6 is 0 Å². The van der Waals surface area contributed by atoms with Crippen LogP contribution in [0.25, 0.3) is 0 Å². The van der Waals surface area contributed by atoms with E-state index in [9.17, 15) is 26.3 Å². The Bertz CT molecular complexity index is 907. The Labute approximate surface area is 181 Å². The predicted octanol–water partition coefficient (Wildman–Crippen LogP) is 4.29. The molecule has 2 aromatic carbocycles. The van der Waals surface area contributed by atoms with Gasteiger partial charge in [0.2, 0.25) is 0 Å². The van der Waals surface area contributed by atoms with Crippen LogP contribution in [0.5, 0.6) is 0 Å². The lowest BCUT2D eigenvalue weighted by Gasteiger charge is -2.36. The summed E-state index contributed by atoms with van der Waals surface area (Å²) in [4.78, 5) is 1.55. The zero-order valence-corrected chi connectivity index (χ0v) is 16.9. The Hall–Kier alpha value is -2.95. The minimum absolute atomic E-state index is 0.0358. The van der Waals surface area contributed by atoms with E-state index in [0.29, 0.717) is 31.6 Å². The van der Waals surface area contributed by atoms with Crippen LogP contribution < -0.4 is 21.3 Å². The number of benzene rings is 2. The summed E-state index contributed by atoms with van der Waals surface area (Å²) >= 11 is 0. The van der Waals surface area contributed by atoms with Gasteiger partial charge in [-0.3, -0.25) is 5.41 Å². The SMILES string of the molecule is N=C(N)c1ccc(NCCC2CN(c3cc(C(F)(F)F)cc(C(F)(F)F)c3)CCN2)cc1. The van der Waals surface area contributed by atoms with Gasteiger partial charge in [0.25, 0.3) is 0 Å². The number of alkyl halides is 6. The quantitative estimate of drug-likeness (QED) is 0.295. The highest BCUT2D eigenvalue weighted by molar-refractivity contribution is 5.95. The number of amidine groups is 1. The summed E-state index contributed by atoms with van der Waals surface area (Å²) in [5.74, 6) is -0.0358. The van der Waals surface area contributed by atoms with Gasteiger partial charge < -0.3 is 21.3 Å². The van der Waals surface area contributed by atoms with Crippen LogP contribution in [0.1, 0.15) is 23.1 Å². The van der Waals surface area contributed by atoms with E-state index < -0.39 is 23.5 Å². The van der Waals surface area contributed by atoms with E-state index in [4.69, 9.17) is 11.1 Å².